The van der Waals surface area contributed by atoms with Gasteiger partial charge in [0.1, 0.15) is 0 Å². The van der Waals surface area contributed by atoms with Gasteiger partial charge in [-0.15, -0.1) is 0 Å². The van der Waals surface area contributed by atoms with Gasteiger partial charge in [0, 0.05) is 18.0 Å². The van der Waals surface area contributed by atoms with E-state index in [0.717, 1.165) is 24.1 Å². The van der Waals surface area contributed by atoms with Gasteiger partial charge in [-0.25, -0.2) is 9.67 Å². The summed E-state index contributed by atoms with van der Waals surface area (Å²) in [6, 6.07) is 5.46. The van der Waals surface area contributed by atoms with Gasteiger partial charge in [-0.1, -0.05) is 11.6 Å². The molecule has 2 amide bonds. The van der Waals surface area contributed by atoms with Gasteiger partial charge in [-0.2, -0.15) is 5.10 Å². The van der Waals surface area contributed by atoms with Crippen LogP contribution in [0.25, 0.3) is 5.69 Å². The summed E-state index contributed by atoms with van der Waals surface area (Å²) in [5.41, 5.74) is 7.01. The molecular weight excluding hydrogens is 342 g/mol. The number of benzene rings is 1. The van der Waals surface area contributed by atoms with E-state index in [2.05, 4.69) is 10.1 Å². The Morgan fingerprint density at radius 2 is 2.16 bits per heavy atom. The number of nitrogens with two attached hydrogens (primary N) is 1. The summed E-state index contributed by atoms with van der Waals surface area (Å²) < 4.78 is 1.67. The number of carbonyl (C=O) groups excluding carboxylic acids is 2. The number of carbonyl (C=O) groups is 2. The molecule has 3 rings (SSSR count). The molecular formula is C17H20ClN5O2. The first kappa shape index (κ1) is 17.4. The molecule has 0 unspecified atom stereocenters. The van der Waals surface area contributed by atoms with Gasteiger partial charge in [0.15, 0.2) is 11.6 Å². The SMILES string of the molecule is Cc1cc(Cl)ccc1-n1nc(CC(N)=O)nc1CN1CCCCC1=O. The number of rotatable bonds is 5. The number of aromatic nitrogens is 3. The van der Waals surface area contributed by atoms with E-state index in [4.69, 9.17) is 17.3 Å². The summed E-state index contributed by atoms with van der Waals surface area (Å²) in [4.78, 5) is 29.6. The van der Waals surface area contributed by atoms with Gasteiger partial charge in [0.2, 0.25) is 11.8 Å². The van der Waals surface area contributed by atoms with Crippen molar-refractivity contribution in [3.05, 3.63) is 40.4 Å². The zero-order valence-electron chi connectivity index (χ0n) is 14.0. The average Bonchev–Trinajstić information content (AvgIpc) is 2.91. The molecule has 1 aromatic heterocycles. The Labute approximate surface area is 150 Å². The quantitative estimate of drug-likeness (QED) is 0.878. The second-order valence-corrected chi connectivity index (χ2v) is 6.64. The number of hydrogen-bond donors (Lipinski definition) is 1. The predicted octanol–water partition coefficient (Wildman–Crippen LogP) is 1.77. The second-order valence-electron chi connectivity index (χ2n) is 6.20. The van der Waals surface area contributed by atoms with Crippen molar-refractivity contribution in [1.29, 1.82) is 0 Å². The fourth-order valence-electron chi connectivity index (χ4n) is 2.97. The molecule has 0 radical (unpaired) electrons. The second kappa shape index (κ2) is 7.23. The van der Waals surface area contributed by atoms with Crippen LogP contribution in [0.3, 0.4) is 0 Å². The van der Waals surface area contributed by atoms with E-state index in [-0.39, 0.29) is 12.3 Å². The largest absolute Gasteiger partial charge is 0.369 e. The van der Waals surface area contributed by atoms with Crippen molar-refractivity contribution in [2.75, 3.05) is 6.54 Å². The van der Waals surface area contributed by atoms with E-state index in [1.54, 1.807) is 15.6 Å². The first-order chi connectivity index (χ1) is 11.9. The minimum absolute atomic E-state index is 0.0411. The van der Waals surface area contributed by atoms with Gasteiger partial charge >= 0.3 is 0 Å². The van der Waals surface area contributed by atoms with Crippen molar-refractivity contribution in [3.8, 4) is 5.69 Å². The van der Waals surface area contributed by atoms with Crippen LogP contribution in [-0.2, 0) is 22.6 Å². The first-order valence-electron chi connectivity index (χ1n) is 8.21. The Morgan fingerprint density at radius 3 is 2.84 bits per heavy atom. The highest BCUT2D eigenvalue weighted by Gasteiger charge is 2.22. The van der Waals surface area contributed by atoms with Crippen LogP contribution in [0.5, 0.6) is 0 Å². The molecule has 8 heteroatoms. The van der Waals surface area contributed by atoms with E-state index >= 15 is 0 Å². The maximum atomic E-state index is 12.1. The van der Waals surface area contributed by atoms with E-state index < -0.39 is 5.91 Å². The lowest BCUT2D eigenvalue weighted by Gasteiger charge is -2.26. The summed E-state index contributed by atoms with van der Waals surface area (Å²) in [6.07, 6.45) is 2.42. The number of nitrogens with zero attached hydrogens (tertiary/aromatic N) is 4. The van der Waals surface area contributed by atoms with Crippen LogP contribution in [0.15, 0.2) is 18.2 Å². The van der Waals surface area contributed by atoms with Crippen molar-refractivity contribution < 1.29 is 9.59 Å². The summed E-state index contributed by atoms with van der Waals surface area (Å²) in [7, 11) is 0. The van der Waals surface area contributed by atoms with Crippen LogP contribution in [0, 0.1) is 6.92 Å². The predicted molar refractivity (Wildman–Crippen MR) is 93.3 cm³/mol. The van der Waals surface area contributed by atoms with Gasteiger partial charge in [0.25, 0.3) is 0 Å². The fraction of sp³-hybridized carbons (Fsp3) is 0.412. The Balaban J connectivity index is 1.98. The Hall–Kier alpha value is -2.41. The van der Waals surface area contributed by atoms with Gasteiger partial charge < -0.3 is 10.6 Å². The number of likely N-dealkylation sites (tertiary alicyclic amines) is 1. The third-order valence-corrected chi connectivity index (χ3v) is 4.43. The van der Waals surface area contributed by atoms with E-state index in [1.807, 2.05) is 19.1 Å². The van der Waals surface area contributed by atoms with Crippen LogP contribution in [-0.4, -0.2) is 38.0 Å². The lowest BCUT2D eigenvalue weighted by Crippen LogP contribution is -2.35. The van der Waals surface area contributed by atoms with Crippen LogP contribution in [0.1, 0.15) is 36.5 Å². The highest BCUT2D eigenvalue weighted by Crippen LogP contribution is 2.21. The minimum Gasteiger partial charge on any atom is -0.369 e. The number of hydrogen-bond acceptors (Lipinski definition) is 4. The Bertz CT molecular complexity index is 817. The number of primary amides is 1. The van der Waals surface area contributed by atoms with Gasteiger partial charge in [0.05, 0.1) is 18.7 Å². The number of aryl methyl sites for hydroxylation is 1. The molecule has 0 atom stereocenters. The molecule has 0 saturated carbocycles. The van der Waals surface area contributed by atoms with Crippen molar-refractivity contribution in [1.82, 2.24) is 19.7 Å². The third-order valence-electron chi connectivity index (χ3n) is 4.19. The number of piperidine rings is 1. The average molecular weight is 362 g/mol. The number of amides is 2. The standard InChI is InChI=1S/C17H20ClN5O2/c1-11-8-12(18)5-6-13(11)23-16(20-15(21-23)9-14(19)24)10-22-7-3-2-4-17(22)25/h5-6,8H,2-4,7,9-10H2,1H3,(H2,19,24). The summed E-state index contributed by atoms with van der Waals surface area (Å²) in [5, 5.41) is 5.06. The maximum absolute atomic E-state index is 12.1. The van der Waals surface area contributed by atoms with Crippen molar-refractivity contribution in [2.24, 2.45) is 5.73 Å². The van der Waals surface area contributed by atoms with E-state index in [0.29, 0.717) is 36.2 Å². The molecule has 2 N–H and O–H groups in total. The molecule has 2 heterocycles. The molecule has 132 valence electrons. The lowest BCUT2D eigenvalue weighted by molar-refractivity contribution is -0.134. The third kappa shape index (κ3) is 3.99. The van der Waals surface area contributed by atoms with Crippen molar-refractivity contribution in [2.45, 2.75) is 39.2 Å². The molecule has 2 aromatic rings. The maximum Gasteiger partial charge on any atom is 0.225 e. The molecule has 0 bridgehead atoms. The van der Waals surface area contributed by atoms with Crippen molar-refractivity contribution >= 4 is 23.4 Å². The minimum atomic E-state index is -0.495. The molecule has 0 spiro atoms. The molecule has 1 aliphatic heterocycles. The van der Waals surface area contributed by atoms with Crippen molar-refractivity contribution in [3.63, 3.8) is 0 Å². The van der Waals surface area contributed by atoms with E-state index in [9.17, 15) is 9.59 Å². The van der Waals surface area contributed by atoms with Gasteiger partial charge in [-0.3, -0.25) is 9.59 Å². The molecule has 0 aliphatic carbocycles. The highest BCUT2D eigenvalue weighted by molar-refractivity contribution is 6.30. The smallest absolute Gasteiger partial charge is 0.225 e. The molecule has 1 saturated heterocycles. The zero-order chi connectivity index (χ0) is 18.0. The molecule has 1 aliphatic rings. The lowest BCUT2D eigenvalue weighted by atomic mass is 10.1. The molecule has 25 heavy (non-hydrogen) atoms. The Morgan fingerprint density at radius 1 is 1.36 bits per heavy atom. The normalized spacial score (nSPS) is 14.8. The number of halogens is 1. The van der Waals surface area contributed by atoms with Crippen LogP contribution >= 0.6 is 11.6 Å². The summed E-state index contributed by atoms with van der Waals surface area (Å²) in [6.45, 7) is 2.98. The van der Waals surface area contributed by atoms with Gasteiger partial charge in [-0.05, 0) is 43.5 Å². The topological polar surface area (TPSA) is 94.1 Å². The first-order valence-corrected chi connectivity index (χ1v) is 8.59. The Kier molecular flexibility index (Phi) is 5.03. The van der Waals surface area contributed by atoms with Crippen LogP contribution in [0.2, 0.25) is 5.02 Å². The van der Waals surface area contributed by atoms with Crippen LogP contribution < -0.4 is 5.73 Å². The molecule has 1 fully saturated rings. The molecule has 1 aromatic carbocycles. The molecule has 7 nitrogen and oxygen atoms in total. The summed E-state index contributed by atoms with van der Waals surface area (Å²) >= 11 is 6.03. The fourth-order valence-corrected chi connectivity index (χ4v) is 3.20. The summed E-state index contributed by atoms with van der Waals surface area (Å²) in [5.74, 6) is 0.578. The van der Waals surface area contributed by atoms with Crippen LogP contribution in [0.4, 0.5) is 0 Å². The van der Waals surface area contributed by atoms with E-state index in [1.165, 1.54) is 0 Å². The zero-order valence-corrected chi connectivity index (χ0v) is 14.8. The monoisotopic (exact) mass is 361 g/mol. The highest BCUT2D eigenvalue weighted by atomic mass is 35.5.